The number of benzene rings is 2. The van der Waals surface area contributed by atoms with Crippen LogP contribution in [0.15, 0.2) is 47.8 Å². The number of amides is 1. The fraction of sp³-hybridized carbons (Fsp3) is 0.333. The van der Waals surface area contributed by atoms with E-state index in [4.69, 9.17) is 4.74 Å². The van der Waals surface area contributed by atoms with Crippen LogP contribution < -0.4 is 15.5 Å². The molecule has 1 saturated heterocycles. The third kappa shape index (κ3) is 4.90. The van der Waals surface area contributed by atoms with Crippen molar-refractivity contribution < 1.29 is 18.3 Å². The molecule has 2 aromatic carbocycles. The van der Waals surface area contributed by atoms with Crippen LogP contribution in [-0.2, 0) is 10.2 Å². The van der Waals surface area contributed by atoms with Crippen LogP contribution in [0.25, 0.3) is 0 Å². The molecule has 0 spiro atoms. The van der Waals surface area contributed by atoms with Crippen molar-refractivity contribution in [2.75, 3.05) is 50.1 Å². The van der Waals surface area contributed by atoms with Crippen molar-refractivity contribution in [3.63, 3.8) is 0 Å². The number of anilines is 2. The van der Waals surface area contributed by atoms with Crippen molar-refractivity contribution in [3.8, 4) is 0 Å². The van der Waals surface area contributed by atoms with Gasteiger partial charge in [0.25, 0.3) is 5.91 Å². The Hall–Kier alpha value is -2.88. The first-order valence-electron chi connectivity index (χ1n) is 10.7. The maximum absolute atomic E-state index is 14.8. The molecule has 9 heteroatoms. The van der Waals surface area contributed by atoms with E-state index in [1.54, 1.807) is 7.11 Å². The predicted octanol–water partition coefficient (Wildman–Crippen LogP) is 4.04. The molecule has 6 nitrogen and oxygen atoms in total. The van der Waals surface area contributed by atoms with Crippen molar-refractivity contribution >= 4 is 28.1 Å². The summed E-state index contributed by atoms with van der Waals surface area (Å²) in [4.78, 5) is 19.2. The quantitative estimate of drug-likeness (QED) is 0.544. The van der Waals surface area contributed by atoms with Gasteiger partial charge in [0.1, 0.15) is 17.2 Å². The van der Waals surface area contributed by atoms with Gasteiger partial charge in [-0.2, -0.15) is 0 Å². The van der Waals surface area contributed by atoms with Gasteiger partial charge in [-0.25, -0.2) is 13.8 Å². The largest absolute Gasteiger partial charge is 0.383 e. The fourth-order valence-electron chi connectivity index (χ4n) is 4.03. The van der Waals surface area contributed by atoms with Crippen LogP contribution in [0, 0.1) is 11.6 Å². The summed E-state index contributed by atoms with van der Waals surface area (Å²) in [5.41, 5.74) is 0.976. The Morgan fingerprint density at radius 2 is 1.88 bits per heavy atom. The number of halogens is 2. The minimum Gasteiger partial charge on any atom is -0.383 e. The summed E-state index contributed by atoms with van der Waals surface area (Å²) in [6, 6.07) is 12.2. The number of methoxy groups -OCH3 is 1. The van der Waals surface area contributed by atoms with Gasteiger partial charge in [0, 0.05) is 44.4 Å². The molecule has 174 valence electrons. The van der Waals surface area contributed by atoms with Crippen LogP contribution >= 0.6 is 11.3 Å². The van der Waals surface area contributed by atoms with E-state index in [1.165, 1.54) is 23.5 Å². The minimum atomic E-state index is -0.897. The molecule has 1 aliphatic rings. The Bertz CT molecular complexity index is 1100. The number of nitrogens with zero attached hydrogens (tertiary/aromatic N) is 2. The van der Waals surface area contributed by atoms with Gasteiger partial charge >= 0.3 is 0 Å². The lowest BCUT2D eigenvalue weighted by atomic mass is 9.81. The number of nitrogens with one attached hydrogen (secondary N) is 2. The summed E-state index contributed by atoms with van der Waals surface area (Å²) in [5, 5.41) is 7.83. The molecule has 4 rings (SSSR count). The third-order valence-corrected chi connectivity index (χ3v) is 6.63. The summed E-state index contributed by atoms with van der Waals surface area (Å²) in [5.74, 6) is -2.66. The lowest BCUT2D eigenvalue weighted by Gasteiger charge is -2.29. The number of ether oxygens (including phenoxy) is 1. The molecule has 0 aliphatic carbocycles. The summed E-state index contributed by atoms with van der Waals surface area (Å²) in [6.07, 6.45) is 0. The van der Waals surface area contributed by atoms with E-state index in [0.29, 0.717) is 31.1 Å². The van der Waals surface area contributed by atoms with Gasteiger partial charge < -0.3 is 15.0 Å². The fourth-order valence-corrected chi connectivity index (χ4v) is 4.87. The molecule has 33 heavy (non-hydrogen) atoms. The predicted molar refractivity (Wildman–Crippen MR) is 126 cm³/mol. The Balaban J connectivity index is 1.55. The molecule has 3 aromatic rings. The van der Waals surface area contributed by atoms with Crippen LogP contribution in [0.4, 0.5) is 19.6 Å². The molecule has 0 saturated carbocycles. The lowest BCUT2D eigenvalue weighted by molar-refractivity contribution is 0.101. The molecule has 2 N–H and O–H groups in total. The van der Waals surface area contributed by atoms with E-state index in [1.807, 2.05) is 47.5 Å². The van der Waals surface area contributed by atoms with Crippen LogP contribution in [0.3, 0.4) is 0 Å². The SMILES string of the molecule is COC[C@@](C)(c1ccccc1)c1csc(NC(=O)c2c(F)cc(N3CCNCC3)cc2F)n1. The van der Waals surface area contributed by atoms with E-state index in [-0.39, 0.29) is 5.13 Å². The van der Waals surface area contributed by atoms with Gasteiger partial charge in [0.2, 0.25) is 0 Å². The number of carbonyl (C=O) groups excluding carboxylic acids is 1. The molecule has 1 fully saturated rings. The summed E-state index contributed by atoms with van der Waals surface area (Å²) in [7, 11) is 1.62. The molecule has 1 atom stereocenters. The smallest absolute Gasteiger partial charge is 0.263 e. The van der Waals surface area contributed by atoms with E-state index in [2.05, 4.69) is 15.6 Å². The van der Waals surface area contributed by atoms with Crippen molar-refractivity contribution in [2.24, 2.45) is 0 Å². The molecule has 0 unspecified atom stereocenters. The highest BCUT2D eigenvalue weighted by Crippen LogP contribution is 2.34. The Morgan fingerprint density at radius 3 is 2.52 bits per heavy atom. The number of hydrogen-bond acceptors (Lipinski definition) is 6. The van der Waals surface area contributed by atoms with Crippen molar-refractivity contribution in [3.05, 3.63) is 76.3 Å². The Morgan fingerprint density at radius 1 is 1.21 bits per heavy atom. The van der Waals surface area contributed by atoms with E-state index >= 15 is 0 Å². The molecular formula is C24H26F2N4O2S. The van der Waals surface area contributed by atoms with Crippen LogP contribution in [-0.4, -0.2) is 50.8 Å². The van der Waals surface area contributed by atoms with Crippen molar-refractivity contribution in [1.82, 2.24) is 10.3 Å². The first-order chi connectivity index (χ1) is 15.9. The molecule has 0 radical (unpaired) electrons. The molecular weight excluding hydrogens is 446 g/mol. The standard InChI is InChI=1S/C24H26F2N4O2S/c1-24(15-32-2,16-6-4-3-5-7-16)20-14-33-23(28-20)29-22(31)21-18(25)12-17(13-19(21)26)30-10-8-27-9-11-30/h3-7,12-14,27H,8-11,15H2,1-2H3,(H,28,29,31)/t24-/m0/s1. The topological polar surface area (TPSA) is 66.5 Å². The highest BCUT2D eigenvalue weighted by Gasteiger charge is 2.32. The summed E-state index contributed by atoms with van der Waals surface area (Å²) < 4.78 is 35.0. The Kier molecular flexibility index (Phi) is 7.02. The Labute approximate surface area is 195 Å². The van der Waals surface area contributed by atoms with Crippen LogP contribution in [0.5, 0.6) is 0 Å². The summed E-state index contributed by atoms with van der Waals surface area (Å²) in [6.45, 7) is 5.15. The number of rotatable bonds is 7. The van der Waals surface area contributed by atoms with E-state index < -0.39 is 28.5 Å². The number of piperazine rings is 1. The second kappa shape index (κ2) is 9.94. The average Bonchev–Trinajstić information content (AvgIpc) is 3.29. The van der Waals surface area contributed by atoms with Gasteiger partial charge in [-0.15, -0.1) is 11.3 Å². The number of aromatic nitrogens is 1. The minimum absolute atomic E-state index is 0.262. The van der Waals surface area contributed by atoms with Gasteiger partial charge in [-0.05, 0) is 24.6 Å². The third-order valence-electron chi connectivity index (χ3n) is 5.87. The summed E-state index contributed by atoms with van der Waals surface area (Å²) >= 11 is 1.20. The average molecular weight is 473 g/mol. The monoisotopic (exact) mass is 472 g/mol. The first kappa shape index (κ1) is 23.3. The number of carbonyl (C=O) groups is 1. The maximum Gasteiger partial charge on any atom is 0.263 e. The van der Waals surface area contributed by atoms with Gasteiger partial charge in [-0.1, -0.05) is 30.3 Å². The highest BCUT2D eigenvalue weighted by atomic mass is 32.1. The number of hydrogen-bond donors (Lipinski definition) is 2. The molecule has 1 amide bonds. The van der Waals surface area contributed by atoms with Gasteiger partial charge in [0.05, 0.1) is 17.7 Å². The highest BCUT2D eigenvalue weighted by molar-refractivity contribution is 7.14. The first-order valence-corrected chi connectivity index (χ1v) is 11.6. The van der Waals surface area contributed by atoms with Crippen LogP contribution in [0.2, 0.25) is 0 Å². The molecule has 1 aromatic heterocycles. The molecule has 0 bridgehead atoms. The zero-order valence-corrected chi connectivity index (χ0v) is 19.3. The maximum atomic E-state index is 14.8. The van der Waals surface area contributed by atoms with Gasteiger partial charge in [0.15, 0.2) is 5.13 Å². The zero-order valence-electron chi connectivity index (χ0n) is 18.5. The lowest BCUT2D eigenvalue weighted by Crippen LogP contribution is -2.43. The van der Waals surface area contributed by atoms with E-state index in [9.17, 15) is 13.6 Å². The van der Waals surface area contributed by atoms with Crippen molar-refractivity contribution in [2.45, 2.75) is 12.3 Å². The number of thiazole rings is 1. The van der Waals surface area contributed by atoms with Gasteiger partial charge in [-0.3, -0.25) is 10.1 Å². The van der Waals surface area contributed by atoms with E-state index in [0.717, 1.165) is 18.7 Å². The molecule has 2 heterocycles. The normalized spacial score (nSPS) is 15.8. The second-order valence-electron chi connectivity index (χ2n) is 8.14. The zero-order chi connectivity index (χ0) is 23.4. The van der Waals surface area contributed by atoms with Crippen molar-refractivity contribution in [1.29, 1.82) is 0 Å². The molecule has 1 aliphatic heterocycles. The van der Waals surface area contributed by atoms with Crippen LogP contribution in [0.1, 0.15) is 28.5 Å². The second-order valence-corrected chi connectivity index (χ2v) is 9.00.